The predicted octanol–water partition coefficient (Wildman–Crippen LogP) is 3.29. The number of hydrogen-bond acceptors (Lipinski definition) is 6. The molecule has 1 heterocycles. The van der Waals surface area contributed by atoms with Gasteiger partial charge in [-0.05, 0) is 54.8 Å². The van der Waals surface area contributed by atoms with Crippen molar-refractivity contribution in [2.75, 3.05) is 26.2 Å². The lowest BCUT2D eigenvalue weighted by atomic mass is 10.1. The highest BCUT2D eigenvalue weighted by Gasteiger charge is 2.41. The molecule has 2 aromatic rings. The van der Waals surface area contributed by atoms with Gasteiger partial charge in [-0.3, -0.25) is 9.59 Å². The number of sulfonamides is 1. The van der Waals surface area contributed by atoms with Crippen LogP contribution in [0.15, 0.2) is 53.4 Å². The fraction of sp³-hybridized carbons (Fsp3) is 0.440. The summed E-state index contributed by atoms with van der Waals surface area (Å²) in [6.07, 6.45) is -3.76. The third-order valence-corrected chi connectivity index (χ3v) is 7.54. The van der Waals surface area contributed by atoms with Crippen LogP contribution in [0.5, 0.6) is 11.5 Å². The minimum atomic E-state index is -4.92. The molecule has 38 heavy (non-hydrogen) atoms. The van der Waals surface area contributed by atoms with E-state index in [1.807, 2.05) is 13.8 Å². The van der Waals surface area contributed by atoms with Crippen LogP contribution >= 0.6 is 0 Å². The number of amides is 2. The number of ether oxygens (including phenoxy) is 1. The van der Waals surface area contributed by atoms with E-state index < -0.39 is 34.1 Å². The number of halogens is 3. The molecule has 2 N–H and O–H groups in total. The van der Waals surface area contributed by atoms with Crippen LogP contribution < -0.4 is 10.1 Å². The Morgan fingerprint density at radius 1 is 1.05 bits per heavy atom. The molecule has 2 amide bonds. The van der Waals surface area contributed by atoms with Gasteiger partial charge in [-0.1, -0.05) is 26.0 Å². The highest BCUT2D eigenvalue weighted by molar-refractivity contribution is 7.89. The number of aryl methyl sites for hydroxylation is 1. The van der Waals surface area contributed by atoms with Gasteiger partial charge < -0.3 is 20.1 Å². The zero-order valence-electron chi connectivity index (χ0n) is 21.4. The van der Waals surface area contributed by atoms with E-state index in [1.54, 1.807) is 24.3 Å². The molecule has 1 atom stereocenters. The van der Waals surface area contributed by atoms with Crippen LogP contribution in [0.25, 0.3) is 0 Å². The largest absolute Gasteiger partial charge is 0.573 e. The Hall–Kier alpha value is -3.32. The predicted molar refractivity (Wildman–Crippen MR) is 134 cm³/mol. The molecule has 0 bridgehead atoms. The second-order valence-electron chi connectivity index (χ2n) is 8.18. The zero-order chi connectivity index (χ0) is 28.5. The molecule has 13 heteroatoms. The Labute approximate surface area is 220 Å². The van der Waals surface area contributed by atoms with E-state index in [2.05, 4.69) is 10.1 Å². The first-order valence-electron chi connectivity index (χ1n) is 12.1. The zero-order valence-corrected chi connectivity index (χ0v) is 22.2. The normalized spacial score (nSPS) is 16.3. The molecule has 0 unspecified atom stereocenters. The Bertz CT molecular complexity index is 1170. The summed E-state index contributed by atoms with van der Waals surface area (Å²) in [5.74, 6) is -1.34. The van der Waals surface area contributed by atoms with Gasteiger partial charge in [-0.15, -0.1) is 13.2 Å². The van der Waals surface area contributed by atoms with E-state index in [0.717, 1.165) is 34.1 Å². The lowest BCUT2D eigenvalue weighted by Crippen LogP contribution is -2.61. The summed E-state index contributed by atoms with van der Waals surface area (Å²) < 4.78 is 68.5. The molecule has 1 fully saturated rings. The number of hydrogen-bond donors (Lipinski definition) is 2. The van der Waals surface area contributed by atoms with Crippen LogP contribution in [0.2, 0.25) is 0 Å². The minimum Gasteiger partial charge on any atom is -0.508 e. The summed E-state index contributed by atoms with van der Waals surface area (Å²) >= 11 is 0. The number of phenols is 1. The standard InChI is InChI=1S/C23H26F3N3O6S.C2H6/c1-16(30)28-13-14-29(36(33,34)20-10-8-19(9-11-20)35-23(24,25)26)21(15-28)22(32)27-12-2-3-17-4-6-18(31)7-5-17;1-2/h4-11,21,31H,2-3,12-15H2,1H3,(H,27,32);1-2H3/t21-;/m1./s1. The van der Waals surface area contributed by atoms with Crippen LogP contribution in [0, 0.1) is 0 Å². The highest BCUT2D eigenvalue weighted by Crippen LogP contribution is 2.27. The van der Waals surface area contributed by atoms with Crippen molar-refractivity contribution < 1.29 is 41.0 Å². The molecule has 2 aromatic carbocycles. The molecule has 210 valence electrons. The van der Waals surface area contributed by atoms with Gasteiger partial charge in [0.15, 0.2) is 0 Å². The van der Waals surface area contributed by atoms with Crippen LogP contribution in [0.1, 0.15) is 32.8 Å². The van der Waals surface area contributed by atoms with Crippen molar-refractivity contribution in [1.29, 1.82) is 0 Å². The molecule has 0 spiro atoms. The lowest BCUT2D eigenvalue weighted by molar-refractivity contribution is -0.274. The van der Waals surface area contributed by atoms with Crippen molar-refractivity contribution >= 4 is 21.8 Å². The molecule has 1 aliphatic heterocycles. The third kappa shape index (κ3) is 8.62. The monoisotopic (exact) mass is 559 g/mol. The van der Waals surface area contributed by atoms with Crippen molar-refractivity contribution in [3.8, 4) is 11.5 Å². The van der Waals surface area contributed by atoms with Gasteiger partial charge in [0.2, 0.25) is 21.8 Å². The van der Waals surface area contributed by atoms with Gasteiger partial charge in [0, 0.05) is 33.1 Å². The smallest absolute Gasteiger partial charge is 0.508 e. The molecule has 3 rings (SSSR count). The topological polar surface area (TPSA) is 116 Å². The Kier molecular flexibility index (Phi) is 11.0. The molecule has 1 saturated heterocycles. The van der Waals surface area contributed by atoms with Crippen molar-refractivity contribution in [3.05, 3.63) is 54.1 Å². The van der Waals surface area contributed by atoms with E-state index in [0.29, 0.717) is 12.8 Å². The Morgan fingerprint density at radius 3 is 2.21 bits per heavy atom. The average molecular weight is 560 g/mol. The van der Waals surface area contributed by atoms with E-state index in [1.165, 1.54) is 11.8 Å². The molecule has 0 radical (unpaired) electrons. The number of piperazine rings is 1. The minimum absolute atomic E-state index is 0.0640. The van der Waals surface area contributed by atoms with E-state index in [4.69, 9.17) is 0 Å². The second kappa shape index (κ2) is 13.5. The fourth-order valence-corrected chi connectivity index (χ4v) is 5.36. The van der Waals surface area contributed by atoms with Crippen LogP contribution in [0.4, 0.5) is 13.2 Å². The van der Waals surface area contributed by atoms with Crippen LogP contribution in [-0.4, -0.2) is 73.1 Å². The summed E-state index contributed by atoms with van der Waals surface area (Å²) in [7, 11) is -4.27. The molecule has 1 aliphatic rings. The SMILES string of the molecule is CC.CC(=O)N1CCN(S(=O)(=O)c2ccc(OC(F)(F)F)cc2)[C@@H](C(=O)NCCCc2ccc(O)cc2)C1. The molecular formula is C25H32F3N3O6S. The summed E-state index contributed by atoms with van der Waals surface area (Å²) in [5.41, 5.74) is 0.949. The number of rotatable bonds is 8. The third-order valence-electron chi connectivity index (χ3n) is 5.62. The first-order chi connectivity index (χ1) is 17.9. The van der Waals surface area contributed by atoms with Gasteiger partial charge >= 0.3 is 6.36 Å². The quantitative estimate of drug-likeness (QED) is 0.480. The first-order valence-corrected chi connectivity index (χ1v) is 13.5. The van der Waals surface area contributed by atoms with E-state index >= 15 is 0 Å². The van der Waals surface area contributed by atoms with Gasteiger partial charge in [-0.25, -0.2) is 8.42 Å². The molecule has 9 nitrogen and oxygen atoms in total. The lowest BCUT2D eigenvalue weighted by Gasteiger charge is -2.39. The summed E-state index contributed by atoms with van der Waals surface area (Å²) in [6.45, 7) is 5.31. The Balaban J connectivity index is 0.00000247. The maximum atomic E-state index is 13.3. The van der Waals surface area contributed by atoms with Crippen LogP contribution in [0.3, 0.4) is 0 Å². The van der Waals surface area contributed by atoms with Gasteiger partial charge in [0.1, 0.15) is 17.5 Å². The number of aromatic hydroxyl groups is 1. The highest BCUT2D eigenvalue weighted by atomic mass is 32.2. The van der Waals surface area contributed by atoms with Crippen molar-refractivity contribution in [2.45, 2.75) is 50.9 Å². The van der Waals surface area contributed by atoms with Gasteiger partial charge in [0.05, 0.1) is 4.90 Å². The summed E-state index contributed by atoms with van der Waals surface area (Å²) in [6, 6.07) is 9.10. The fourth-order valence-electron chi connectivity index (χ4n) is 3.79. The number of phenolic OH excluding ortho intramolecular Hbond substituents is 1. The van der Waals surface area contributed by atoms with Gasteiger partial charge in [0.25, 0.3) is 0 Å². The number of carbonyl (C=O) groups is 2. The van der Waals surface area contributed by atoms with Crippen molar-refractivity contribution in [1.82, 2.24) is 14.5 Å². The van der Waals surface area contributed by atoms with Crippen molar-refractivity contribution in [2.24, 2.45) is 0 Å². The number of alkyl halides is 3. The number of benzene rings is 2. The maximum Gasteiger partial charge on any atom is 0.573 e. The average Bonchev–Trinajstić information content (AvgIpc) is 2.87. The number of carbonyl (C=O) groups excluding carboxylic acids is 2. The number of nitrogens with zero attached hydrogens (tertiary/aromatic N) is 2. The van der Waals surface area contributed by atoms with Gasteiger partial charge in [-0.2, -0.15) is 4.31 Å². The summed E-state index contributed by atoms with van der Waals surface area (Å²) in [5, 5.41) is 12.1. The van der Waals surface area contributed by atoms with E-state index in [-0.39, 0.29) is 42.7 Å². The summed E-state index contributed by atoms with van der Waals surface area (Å²) in [4.78, 5) is 25.9. The first kappa shape index (κ1) is 30.9. The van der Waals surface area contributed by atoms with Crippen LogP contribution in [-0.2, 0) is 26.0 Å². The second-order valence-corrected chi connectivity index (χ2v) is 10.1. The Morgan fingerprint density at radius 2 is 1.66 bits per heavy atom. The number of nitrogens with one attached hydrogen (secondary N) is 1. The molecule has 0 aromatic heterocycles. The molecule has 0 aliphatic carbocycles. The molecular weight excluding hydrogens is 527 g/mol. The van der Waals surface area contributed by atoms with Crippen molar-refractivity contribution in [3.63, 3.8) is 0 Å². The molecule has 0 saturated carbocycles. The maximum absolute atomic E-state index is 13.3. The van der Waals surface area contributed by atoms with E-state index in [9.17, 15) is 36.3 Å².